The Hall–Kier alpha value is -2.40. The number of hydrogen-bond acceptors (Lipinski definition) is 2. The maximum atomic E-state index is 13.0. The van der Waals surface area contributed by atoms with Crippen molar-refractivity contribution in [2.75, 3.05) is 11.9 Å². The van der Waals surface area contributed by atoms with Crippen molar-refractivity contribution in [3.05, 3.63) is 65.5 Å². The van der Waals surface area contributed by atoms with Crippen LogP contribution in [-0.4, -0.2) is 17.6 Å². The summed E-state index contributed by atoms with van der Waals surface area (Å²) in [6, 6.07) is 13.8. The number of nitrogens with zero attached hydrogens (tertiary/aromatic N) is 1. The van der Waals surface area contributed by atoms with E-state index < -0.39 is 5.60 Å². The normalized spacial score (nSPS) is 15.5. The fourth-order valence-corrected chi connectivity index (χ4v) is 2.46. The van der Waals surface area contributed by atoms with Crippen LogP contribution in [0.2, 0.25) is 0 Å². The number of aliphatic hydroxyl groups is 1. The number of rotatable bonds is 6. The molecule has 0 heterocycles. The van der Waals surface area contributed by atoms with E-state index in [0.29, 0.717) is 11.5 Å². The largest absolute Gasteiger partial charge is 0.384 e. The Kier molecular flexibility index (Phi) is 6.15. The van der Waals surface area contributed by atoms with E-state index >= 15 is 0 Å². The zero-order valence-electron chi connectivity index (χ0n) is 15.0. The number of aliphatic imine (C=N–C) groups is 1. The average Bonchev–Trinajstić information content (AvgIpc) is 2.60. The first kappa shape index (κ1) is 18.9. The number of halogens is 1. The molecular weight excluding hydrogens is 317 g/mol. The zero-order valence-corrected chi connectivity index (χ0v) is 15.0. The molecule has 2 unspecified atom stereocenters. The zero-order chi connectivity index (χ0) is 18.4. The fraction of sp³-hybridized carbons (Fsp3) is 0.350. The van der Waals surface area contributed by atoms with Gasteiger partial charge in [0.05, 0.1) is 6.54 Å². The van der Waals surface area contributed by atoms with Gasteiger partial charge in [-0.25, -0.2) is 9.38 Å². The molecule has 2 rings (SSSR count). The lowest BCUT2D eigenvalue weighted by Crippen LogP contribution is -2.29. The van der Waals surface area contributed by atoms with E-state index in [4.69, 9.17) is 5.73 Å². The highest BCUT2D eigenvalue weighted by Crippen LogP contribution is 2.22. The van der Waals surface area contributed by atoms with Gasteiger partial charge in [0, 0.05) is 5.69 Å². The Morgan fingerprint density at radius 3 is 2.36 bits per heavy atom. The number of benzene rings is 2. The van der Waals surface area contributed by atoms with Gasteiger partial charge in [-0.2, -0.15) is 0 Å². The minimum absolute atomic E-state index is 0.0718. The Balaban J connectivity index is 2.00. The number of anilines is 1. The Labute approximate surface area is 148 Å². The lowest BCUT2D eigenvalue weighted by atomic mass is 9.96. The third-order valence-electron chi connectivity index (χ3n) is 4.39. The summed E-state index contributed by atoms with van der Waals surface area (Å²) in [5.74, 6) is 0.398. The number of nitrogens with two attached hydrogens (primary N) is 1. The highest BCUT2D eigenvalue weighted by Gasteiger charge is 2.22. The van der Waals surface area contributed by atoms with Crippen molar-refractivity contribution in [3.8, 4) is 0 Å². The molecule has 5 heteroatoms. The van der Waals surface area contributed by atoms with Crippen LogP contribution in [0.3, 0.4) is 0 Å². The first-order chi connectivity index (χ1) is 11.8. The van der Waals surface area contributed by atoms with Crippen molar-refractivity contribution in [3.63, 3.8) is 0 Å². The molecule has 0 spiro atoms. The van der Waals surface area contributed by atoms with Crippen LogP contribution in [0.5, 0.6) is 0 Å². The summed E-state index contributed by atoms with van der Waals surface area (Å²) in [6.07, 6.45) is 1.09. The molecule has 4 N–H and O–H groups in total. The number of guanidine groups is 1. The van der Waals surface area contributed by atoms with E-state index in [1.54, 1.807) is 19.1 Å². The van der Waals surface area contributed by atoms with E-state index in [1.165, 1.54) is 17.7 Å². The van der Waals surface area contributed by atoms with Crippen molar-refractivity contribution in [2.45, 2.75) is 38.7 Å². The summed E-state index contributed by atoms with van der Waals surface area (Å²) in [7, 11) is 0. The van der Waals surface area contributed by atoms with Gasteiger partial charge in [0.15, 0.2) is 5.96 Å². The lowest BCUT2D eigenvalue weighted by molar-refractivity contribution is 0.0673. The molecule has 0 bridgehead atoms. The summed E-state index contributed by atoms with van der Waals surface area (Å²) < 4.78 is 13.0. The highest BCUT2D eigenvalue weighted by molar-refractivity contribution is 5.92. The van der Waals surface area contributed by atoms with E-state index in [0.717, 1.165) is 12.1 Å². The van der Waals surface area contributed by atoms with Gasteiger partial charge in [0.2, 0.25) is 0 Å². The lowest BCUT2D eigenvalue weighted by Gasteiger charge is -2.22. The molecule has 134 valence electrons. The van der Waals surface area contributed by atoms with Crippen LogP contribution in [-0.2, 0) is 5.60 Å². The van der Waals surface area contributed by atoms with Crippen LogP contribution in [0.4, 0.5) is 10.1 Å². The summed E-state index contributed by atoms with van der Waals surface area (Å²) in [5, 5.41) is 13.5. The smallest absolute Gasteiger partial charge is 0.193 e. The van der Waals surface area contributed by atoms with E-state index in [9.17, 15) is 9.50 Å². The van der Waals surface area contributed by atoms with Crippen LogP contribution in [0, 0.1) is 5.82 Å². The van der Waals surface area contributed by atoms with Gasteiger partial charge in [-0.05, 0) is 54.7 Å². The predicted octanol–water partition coefficient (Wildman–Crippen LogP) is 3.97. The molecule has 4 nitrogen and oxygen atoms in total. The molecule has 0 amide bonds. The monoisotopic (exact) mass is 343 g/mol. The Bertz CT molecular complexity index is 709. The van der Waals surface area contributed by atoms with Crippen molar-refractivity contribution in [1.29, 1.82) is 0 Å². The molecule has 0 fully saturated rings. The molecule has 25 heavy (non-hydrogen) atoms. The average molecular weight is 343 g/mol. The van der Waals surface area contributed by atoms with E-state index in [2.05, 4.69) is 36.3 Å². The SMILES string of the molecule is CCC(C)c1ccc(NC(N)=NCC(C)(O)c2ccc(F)cc2)cc1. The van der Waals surface area contributed by atoms with Crippen molar-refractivity contribution < 1.29 is 9.50 Å². The highest BCUT2D eigenvalue weighted by atomic mass is 19.1. The van der Waals surface area contributed by atoms with Crippen LogP contribution >= 0.6 is 0 Å². The first-order valence-corrected chi connectivity index (χ1v) is 8.47. The van der Waals surface area contributed by atoms with E-state index in [1.807, 2.05) is 12.1 Å². The standard InChI is InChI=1S/C20H26FN3O/c1-4-14(2)15-5-11-18(12-6-15)24-19(22)23-13-20(3,25)16-7-9-17(21)10-8-16/h5-12,14,25H,4,13H2,1-3H3,(H3,22,23,24). The molecule has 0 aliphatic carbocycles. The summed E-state index contributed by atoms with van der Waals surface area (Å²) in [4.78, 5) is 4.20. The number of nitrogens with one attached hydrogen (secondary N) is 1. The Morgan fingerprint density at radius 1 is 1.20 bits per heavy atom. The topological polar surface area (TPSA) is 70.6 Å². The van der Waals surface area contributed by atoms with Gasteiger partial charge in [-0.3, -0.25) is 0 Å². The molecule has 0 aliphatic heterocycles. The minimum atomic E-state index is -1.22. The summed E-state index contributed by atoms with van der Waals surface area (Å²) in [5.41, 5.74) is 7.39. The van der Waals surface area contributed by atoms with Crippen molar-refractivity contribution in [2.24, 2.45) is 10.7 Å². The minimum Gasteiger partial charge on any atom is -0.384 e. The number of hydrogen-bond donors (Lipinski definition) is 3. The van der Waals surface area contributed by atoms with Crippen LogP contribution < -0.4 is 11.1 Å². The summed E-state index contributed by atoms with van der Waals surface area (Å²) in [6.45, 7) is 6.05. The summed E-state index contributed by atoms with van der Waals surface area (Å²) >= 11 is 0. The van der Waals surface area contributed by atoms with Gasteiger partial charge in [-0.15, -0.1) is 0 Å². The molecule has 0 aliphatic rings. The molecular formula is C20H26FN3O. The van der Waals surface area contributed by atoms with Gasteiger partial charge in [0.25, 0.3) is 0 Å². The van der Waals surface area contributed by atoms with Crippen molar-refractivity contribution in [1.82, 2.24) is 0 Å². The molecule has 0 saturated heterocycles. The third-order valence-corrected chi connectivity index (χ3v) is 4.39. The first-order valence-electron chi connectivity index (χ1n) is 8.47. The van der Waals surface area contributed by atoms with Gasteiger partial charge >= 0.3 is 0 Å². The second-order valence-corrected chi connectivity index (χ2v) is 6.54. The van der Waals surface area contributed by atoms with Crippen LogP contribution in [0.15, 0.2) is 53.5 Å². The molecule has 2 aromatic rings. The molecule has 0 radical (unpaired) electrons. The van der Waals surface area contributed by atoms with Gasteiger partial charge in [0.1, 0.15) is 11.4 Å². The predicted molar refractivity (Wildman–Crippen MR) is 101 cm³/mol. The van der Waals surface area contributed by atoms with Gasteiger partial charge in [-0.1, -0.05) is 38.1 Å². The quantitative estimate of drug-likeness (QED) is 0.549. The van der Waals surface area contributed by atoms with Crippen LogP contribution in [0.1, 0.15) is 44.2 Å². The molecule has 0 aromatic heterocycles. The molecule has 2 atom stereocenters. The second kappa shape index (κ2) is 8.12. The fourth-order valence-electron chi connectivity index (χ4n) is 2.46. The third kappa shape index (κ3) is 5.29. The van der Waals surface area contributed by atoms with E-state index in [-0.39, 0.29) is 18.3 Å². The second-order valence-electron chi connectivity index (χ2n) is 6.54. The van der Waals surface area contributed by atoms with Crippen molar-refractivity contribution >= 4 is 11.6 Å². The molecule has 0 saturated carbocycles. The molecule has 2 aromatic carbocycles. The Morgan fingerprint density at radius 2 is 1.80 bits per heavy atom. The maximum absolute atomic E-state index is 13.0. The van der Waals surface area contributed by atoms with Crippen LogP contribution in [0.25, 0.3) is 0 Å². The maximum Gasteiger partial charge on any atom is 0.193 e. The van der Waals surface area contributed by atoms with Gasteiger partial charge < -0.3 is 16.2 Å².